The van der Waals surface area contributed by atoms with Gasteiger partial charge in [-0.3, -0.25) is 9.36 Å². The molecular weight excluding hydrogens is 536 g/mol. The van der Waals surface area contributed by atoms with E-state index in [0.29, 0.717) is 50.3 Å². The second kappa shape index (κ2) is 12.7. The summed E-state index contributed by atoms with van der Waals surface area (Å²) in [4.78, 5) is 32.2. The van der Waals surface area contributed by atoms with E-state index in [0.717, 1.165) is 24.0 Å². The van der Waals surface area contributed by atoms with Crippen LogP contribution in [0.2, 0.25) is 5.02 Å². The summed E-state index contributed by atoms with van der Waals surface area (Å²) < 4.78 is 19.3. The molecule has 206 valence electrons. The molecule has 9 heteroatoms. The van der Waals surface area contributed by atoms with Crippen LogP contribution in [0, 0.1) is 0 Å². The summed E-state index contributed by atoms with van der Waals surface area (Å²) in [6.07, 6.45) is 3.49. The third kappa shape index (κ3) is 6.45. The molecule has 4 rings (SSSR count). The first-order valence-corrected chi connectivity index (χ1v) is 14.3. The first-order chi connectivity index (χ1) is 18.7. The van der Waals surface area contributed by atoms with E-state index in [4.69, 9.17) is 25.8 Å². The van der Waals surface area contributed by atoms with E-state index in [-0.39, 0.29) is 11.7 Å². The average molecular weight is 569 g/mol. The minimum atomic E-state index is -0.694. The van der Waals surface area contributed by atoms with Crippen LogP contribution in [0.1, 0.15) is 64.6 Å². The molecule has 7 nitrogen and oxygen atoms in total. The van der Waals surface area contributed by atoms with Crippen LogP contribution in [-0.4, -0.2) is 29.9 Å². The van der Waals surface area contributed by atoms with E-state index in [1.807, 2.05) is 43.3 Å². The predicted molar refractivity (Wildman–Crippen MR) is 154 cm³/mol. The summed E-state index contributed by atoms with van der Waals surface area (Å²) >= 11 is 7.42. The van der Waals surface area contributed by atoms with Gasteiger partial charge in [0, 0.05) is 5.02 Å². The number of hydrogen-bond acceptors (Lipinski definition) is 7. The van der Waals surface area contributed by atoms with Crippen LogP contribution >= 0.6 is 22.9 Å². The van der Waals surface area contributed by atoms with Gasteiger partial charge in [-0.1, -0.05) is 54.5 Å². The fraction of sp³-hybridized carbons (Fsp3) is 0.367. The summed E-state index contributed by atoms with van der Waals surface area (Å²) in [7, 11) is 0. The number of benzene rings is 2. The van der Waals surface area contributed by atoms with Crippen LogP contribution in [0.25, 0.3) is 6.08 Å². The second-order valence-corrected chi connectivity index (χ2v) is 10.9. The normalized spacial score (nSPS) is 15.3. The van der Waals surface area contributed by atoms with E-state index in [9.17, 15) is 9.59 Å². The fourth-order valence-corrected chi connectivity index (χ4v) is 5.47. The number of esters is 1. The Bertz CT molecular complexity index is 1550. The molecule has 0 radical (unpaired) electrons. The lowest BCUT2D eigenvalue weighted by molar-refractivity contribution is -0.143. The number of halogens is 1. The molecule has 2 heterocycles. The summed E-state index contributed by atoms with van der Waals surface area (Å²) in [6, 6.07) is 12.1. The summed E-state index contributed by atoms with van der Waals surface area (Å²) in [5.74, 6) is 0.805. The number of fused-ring (bicyclic) bond motifs is 1. The lowest BCUT2D eigenvalue weighted by Gasteiger charge is -2.25. The molecule has 0 amide bonds. The van der Waals surface area contributed by atoms with Crippen LogP contribution in [0.15, 0.2) is 63.5 Å². The van der Waals surface area contributed by atoms with Crippen molar-refractivity contribution >= 4 is 35.0 Å². The van der Waals surface area contributed by atoms with Crippen molar-refractivity contribution in [1.82, 2.24) is 4.57 Å². The fourth-order valence-electron chi connectivity index (χ4n) is 4.30. The third-order valence-corrected chi connectivity index (χ3v) is 7.33. The summed E-state index contributed by atoms with van der Waals surface area (Å²) in [6.45, 7) is 10.5. The van der Waals surface area contributed by atoms with Gasteiger partial charge in [-0.05, 0) is 75.6 Å². The minimum absolute atomic E-state index is 0.248. The maximum absolute atomic E-state index is 13.8. The Morgan fingerprint density at radius 3 is 2.54 bits per heavy atom. The molecule has 0 fully saturated rings. The average Bonchev–Trinajstić information content (AvgIpc) is 3.19. The Morgan fingerprint density at radius 2 is 1.87 bits per heavy atom. The van der Waals surface area contributed by atoms with Gasteiger partial charge in [0.1, 0.15) is 0 Å². The lowest BCUT2D eigenvalue weighted by Crippen LogP contribution is -2.40. The molecule has 1 aliphatic heterocycles. The zero-order valence-electron chi connectivity index (χ0n) is 22.8. The quantitative estimate of drug-likeness (QED) is 0.241. The Labute approximate surface area is 237 Å². The number of unbranched alkanes of at least 4 members (excludes halogenated alkanes) is 1. The Hall–Kier alpha value is -3.36. The number of hydrogen-bond donors (Lipinski definition) is 0. The first-order valence-electron chi connectivity index (χ1n) is 13.1. The number of allylic oxidation sites excluding steroid dienone is 1. The van der Waals surface area contributed by atoms with Crippen molar-refractivity contribution in [1.29, 1.82) is 0 Å². The molecular formula is C30H33ClN2O5S. The highest BCUT2D eigenvalue weighted by Crippen LogP contribution is 2.32. The lowest BCUT2D eigenvalue weighted by atomic mass is 9.96. The van der Waals surface area contributed by atoms with Gasteiger partial charge in [-0.2, -0.15) is 0 Å². The van der Waals surface area contributed by atoms with Gasteiger partial charge in [0.2, 0.25) is 0 Å². The SMILES string of the molecule is CCCCOc1ccc(C=c2sc3n(c2=O)C(c2ccc(Cl)cc2)C(C(=O)OC(C)C)=C(C)N=3)cc1OCC. The zero-order chi connectivity index (χ0) is 28.1. The van der Waals surface area contributed by atoms with Gasteiger partial charge < -0.3 is 14.2 Å². The van der Waals surface area contributed by atoms with E-state index in [1.165, 1.54) is 11.3 Å². The molecule has 0 spiro atoms. The molecule has 0 N–H and O–H groups in total. The largest absolute Gasteiger partial charge is 0.490 e. The number of rotatable bonds is 10. The molecule has 39 heavy (non-hydrogen) atoms. The van der Waals surface area contributed by atoms with Gasteiger partial charge in [0.25, 0.3) is 5.56 Å². The van der Waals surface area contributed by atoms with Crippen molar-refractivity contribution in [3.8, 4) is 11.5 Å². The maximum atomic E-state index is 13.8. The molecule has 0 saturated heterocycles. The van der Waals surface area contributed by atoms with Crippen molar-refractivity contribution in [2.75, 3.05) is 13.2 Å². The summed E-state index contributed by atoms with van der Waals surface area (Å²) in [5, 5.41) is 0.561. The highest BCUT2D eigenvalue weighted by atomic mass is 35.5. The zero-order valence-corrected chi connectivity index (χ0v) is 24.4. The second-order valence-electron chi connectivity index (χ2n) is 9.43. The minimum Gasteiger partial charge on any atom is -0.490 e. The standard InChI is InChI=1S/C30H33ClN2O5S/c1-6-8-15-37-23-14-9-20(16-24(23)36-7-2)17-25-28(34)33-27(21-10-12-22(31)13-11-21)26(29(35)38-18(3)4)19(5)32-30(33)39-25/h9-14,16-18,27H,6-8,15H2,1-5H3. The molecule has 0 bridgehead atoms. The highest BCUT2D eigenvalue weighted by Gasteiger charge is 2.33. The number of nitrogens with zero attached hydrogens (tertiary/aromatic N) is 2. The van der Waals surface area contributed by atoms with Crippen LogP contribution in [0.4, 0.5) is 0 Å². The van der Waals surface area contributed by atoms with Crippen molar-refractivity contribution in [2.24, 2.45) is 4.99 Å². The number of aromatic nitrogens is 1. The number of ether oxygens (including phenoxy) is 3. The topological polar surface area (TPSA) is 79.1 Å². The third-order valence-electron chi connectivity index (χ3n) is 6.09. The van der Waals surface area contributed by atoms with Gasteiger partial charge in [-0.15, -0.1) is 0 Å². The van der Waals surface area contributed by atoms with Gasteiger partial charge in [-0.25, -0.2) is 9.79 Å². The van der Waals surface area contributed by atoms with Gasteiger partial charge >= 0.3 is 5.97 Å². The maximum Gasteiger partial charge on any atom is 0.338 e. The molecule has 1 unspecified atom stereocenters. The number of carbonyl (C=O) groups is 1. The van der Waals surface area contributed by atoms with Crippen LogP contribution in [-0.2, 0) is 9.53 Å². The van der Waals surface area contributed by atoms with Crippen molar-refractivity contribution < 1.29 is 19.0 Å². The van der Waals surface area contributed by atoms with E-state index in [2.05, 4.69) is 11.9 Å². The van der Waals surface area contributed by atoms with Crippen LogP contribution < -0.4 is 24.4 Å². The highest BCUT2D eigenvalue weighted by molar-refractivity contribution is 7.07. The Kier molecular flexibility index (Phi) is 9.30. The van der Waals surface area contributed by atoms with Crippen LogP contribution in [0.3, 0.4) is 0 Å². The van der Waals surface area contributed by atoms with E-state index < -0.39 is 12.0 Å². The molecule has 1 aliphatic rings. The number of carbonyl (C=O) groups excluding carboxylic acids is 1. The van der Waals surface area contributed by atoms with Gasteiger partial charge in [0.05, 0.1) is 41.2 Å². The Balaban J connectivity index is 1.83. The molecule has 0 aliphatic carbocycles. The predicted octanol–water partition coefficient (Wildman–Crippen LogP) is 5.42. The molecule has 1 atom stereocenters. The number of thiazole rings is 1. The van der Waals surface area contributed by atoms with E-state index >= 15 is 0 Å². The monoisotopic (exact) mass is 568 g/mol. The first kappa shape index (κ1) is 28.6. The van der Waals surface area contributed by atoms with Crippen LogP contribution in [0.5, 0.6) is 11.5 Å². The smallest absolute Gasteiger partial charge is 0.338 e. The van der Waals surface area contributed by atoms with Crippen molar-refractivity contribution in [3.05, 3.63) is 89.6 Å². The molecule has 3 aromatic rings. The van der Waals surface area contributed by atoms with E-state index in [1.54, 1.807) is 37.5 Å². The van der Waals surface area contributed by atoms with Crippen molar-refractivity contribution in [2.45, 2.75) is 59.6 Å². The molecule has 0 saturated carbocycles. The molecule has 2 aromatic carbocycles. The Morgan fingerprint density at radius 1 is 1.13 bits per heavy atom. The molecule has 1 aromatic heterocycles. The summed E-state index contributed by atoms with van der Waals surface area (Å²) in [5.41, 5.74) is 2.13. The van der Waals surface area contributed by atoms with Crippen molar-refractivity contribution in [3.63, 3.8) is 0 Å². The van der Waals surface area contributed by atoms with Gasteiger partial charge in [0.15, 0.2) is 16.3 Å².